The largest absolute Gasteiger partial charge is 0.351 e. The van der Waals surface area contributed by atoms with Crippen molar-refractivity contribution in [1.82, 2.24) is 29.8 Å². The molecule has 0 aliphatic carbocycles. The van der Waals surface area contributed by atoms with E-state index in [0.29, 0.717) is 36.2 Å². The van der Waals surface area contributed by atoms with Gasteiger partial charge in [-0.05, 0) is 42.7 Å². The van der Waals surface area contributed by atoms with Crippen molar-refractivity contribution in [3.8, 4) is 0 Å². The van der Waals surface area contributed by atoms with Crippen molar-refractivity contribution in [3.63, 3.8) is 0 Å². The summed E-state index contributed by atoms with van der Waals surface area (Å²) in [4.78, 5) is 27.8. The number of hydrogen-bond donors (Lipinski definition) is 1. The first-order chi connectivity index (χ1) is 16.0. The van der Waals surface area contributed by atoms with Gasteiger partial charge in [0.2, 0.25) is 0 Å². The van der Waals surface area contributed by atoms with Gasteiger partial charge in [-0.2, -0.15) is 0 Å². The van der Waals surface area contributed by atoms with E-state index in [9.17, 15) is 9.59 Å². The number of nitrogens with one attached hydrogen (secondary N) is 1. The highest BCUT2D eigenvalue weighted by Crippen LogP contribution is 2.20. The first-order valence-corrected chi connectivity index (χ1v) is 10.9. The van der Waals surface area contributed by atoms with Crippen LogP contribution >= 0.6 is 0 Å². The minimum Gasteiger partial charge on any atom is -0.351 e. The molecule has 1 atom stereocenters. The van der Waals surface area contributed by atoms with Crippen molar-refractivity contribution >= 4 is 22.8 Å². The molecule has 0 aliphatic rings. The van der Waals surface area contributed by atoms with Gasteiger partial charge in [0, 0.05) is 39.9 Å². The molecule has 0 fully saturated rings. The molecule has 4 rings (SSSR count). The molecule has 2 aromatic heterocycles. The maximum absolute atomic E-state index is 13.5. The van der Waals surface area contributed by atoms with E-state index >= 15 is 0 Å². The summed E-state index contributed by atoms with van der Waals surface area (Å²) in [7, 11) is 5.46. The number of likely N-dealkylation sites (N-methyl/N-ethyl adjacent to an activating group) is 1. The summed E-state index contributed by atoms with van der Waals surface area (Å²) in [6.07, 6.45) is 3.13. The molecule has 8 nitrogen and oxygen atoms in total. The van der Waals surface area contributed by atoms with E-state index in [1.54, 1.807) is 33.3 Å². The van der Waals surface area contributed by atoms with Crippen molar-refractivity contribution in [2.24, 2.45) is 14.1 Å². The smallest absolute Gasteiger partial charge is 0.267 e. The average molecular weight is 445 g/mol. The number of aryl methyl sites for hydroxylation is 2. The van der Waals surface area contributed by atoms with Crippen LogP contribution in [0.15, 0.2) is 66.9 Å². The first kappa shape index (κ1) is 22.3. The van der Waals surface area contributed by atoms with Crippen molar-refractivity contribution in [1.29, 1.82) is 0 Å². The quantitative estimate of drug-likeness (QED) is 0.453. The third-order valence-electron chi connectivity index (χ3n) is 5.99. The Balaban J connectivity index is 1.52. The molecule has 0 radical (unpaired) electrons. The summed E-state index contributed by atoms with van der Waals surface area (Å²) in [5.74, 6) is -0.241. The second kappa shape index (κ2) is 9.68. The van der Waals surface area contributed by atoms with Crippen LogP contribution in [0.1, 0.15) is 32.8 Å². The average Bonchev–Trinajstić information content (AvgIpc) is 3.43. The molecule has 0 saturated heterocycles. The van der Waals surface area contributed by atoms with E-state index in [1.807, 2.05) is 56.7 Å². The van der Waals surface area contributed by atoms with E-state index in [0.717, 1.165) is 11.1 Å². The molecule has 170 valence electrons. The van der Waals surface area contributed by atoms with Crippen molar-refractivity contribution in [3.05, 3.63) is 83.7 Å². The summed E-state index contributed by atoms with van der Waals surface area (Å²) >= 11 is 0. The van der Waals surface area contributed by atoms with E-state index in [2.05, 4.69) is 27.8 Å². The number of fused-ring (bicyclic) bond motifs is 1. The molecule has 0 saturated carbocycles. The van der Waals surface area contributed by atoms with Crippen LogP contribution in [-0.2, 0) is 20.5 Å². The molecule has 33 heavy (non-hydrogen) atoms. The Morgan fingerprint density at radius 3 is 2.55 bits per heavy atom. The van der Waals surface area contributed by atoms with E-state index in [1.165, 1.54) is 0 Å². The zero-order chi connectivity index (χ0) is 23.4. The van der Waals surface area contributed by atoms with Crippen LogP contribution in [0.4, 0.5) is 0 Å². The predicted octanol–water partition coefficient (Wildman–Crippen LogP) is 2.81. The van der Waals surface area contributed by atoms with Crippen LogP contribution in [0.5, 0.6) is 0 Å². The SMILES string of the molecule is CN(C(=O)c1cccc2c1nnn2C)C(CCNC(=O)c1cccn1C)Cc1ccccc1. The molecule has 1 N–H and O–H groups in total. The number of carbonyl (C=O) groups excluding carboxylic acids is 2. The van der Waals surface area contributed by atoms with Gasteiger partial charge in [-0.3, -0.25) is 9.59 Å². The zero-order valence-electron chi connectivity index (χ0n) is 19.1. The molecular weight excluding hydrogens is 416 g/mol. The van der Waals surface area contributed by atoms with Crippen LogP contribution in [0.2, 0.25) is 0 Å². The standard InChI is InChI=1S/C25H28N6O2/c1-29-16-8-13-22(29)24(32)26-15-14-19(17-18-9-5-4-6-10-18)30(2)25(33)20-11-7-12-21-23(20)27-28-31(21)3/h4-13,16,19H,14-15,17H2,1-3H3,(H,26,32). The normalized spacial score (nSPS) is 12.0. The van der Waals surface area contributed by atoms with Crippen LogP contribution in [0.25, 0.3) is 11.0 Å². The lowest BCUT2D eigenvalue weighted by atomic mass is 10.0. The second-order valence-corrected chi connectivity index (χ2v) is 8.19. The lowest BCUT2D eigenvalue weighted by Gasteiger charge is -2.29. The van der Waals surface area contributed by atoms with E-state index < -0.39 is 0 Å². The number of benzene rings is 2. The summed E-state index contributed by atoms with van der Waals surface area (Å²) < 4.78 is 3.45. The molecule has 2 aromatic carbocycles. The van der Waals surface area contributed by atoms with Gasteiger partial charge >= 0.3 is 0 Å². The van der Waals surface area contributed by atoms with Gasteiger partial charge in [0.15, 0.2) is 0 Å². The lowest BCUT2D eigenvalue weighted by molar-refractivity contribution is 0.0724. The van der Waals surface area contributed by atoms with Gasteiger partial charge in [0.25, 0.3) is 11.8 Å². The summed E-state index contributed by atoms with van der Waals surface area (Å²) in [5.41, 5.74) is 3.66. The monoisotopic (exact) mass is 444 g/mol. The predicted molar refractivity (Wildman–Crippen MR) is 127 cm³/mol. The highest BCUT2D eigenvalue weighted by atomic mass is 16.2. The molecule has 0 aliphatic heterocycles. The third kappa shape index (κ3) is 4.79. The highest BCUT2D eigenvalue weighted by Gasteiger charge is 2.24. The van der Waals surface area contributed by atoms with E-state index in [-0.39, 0.29) is 17.9 Å². The van der Waals surface area contributed by atoms with Crippen LogP contribution in [0, 0.1) is 0 Å². The Bertz CT molecular complexity index is 1260. The zero-order valence-corrected chi connectivity index (χ0v) is 19.1. The minimum absolute atomic E-state index is 0.111. The van der Waals surface area contributed by atoms with Gasteiger partial charge in [-0.15, -0.1) is 5.10 Å². The third-order valence-corrected chi connectivity index (χ3v) is 5.99. The Morgan fingerprint density at radius 2 is 1.82 bits per heavy atom. The van der Waals surface area contributed by atoms with Gasteiger partial charge < -0.3 is 14.8 Å². The summed E-state index contributed by atoms with van der Waals surface area (Å²) in [6.45, 7) is 0.453. The fraction of sp³-hybridized carbons (Fsp3) is 0.280. The van der Waals surface area contributed by atoms with Gasteiger partial charge in [0.1, 0.15) is 11.2 Å². The maximum Gasteiger partial charge on any atom is 0.267 e. The number of rotatable bonds is 8. The Hall–Kier alpha value is -3.94. The molecule has 2 amide bonds. The lowest BCUT2D eigenvalue weighted by Crippen LogP contribution is -2.41. The Labute approximate surface area is 192 Å². The Morgan fingerprint density at radius 1 is 1.03 bits per heavy atom. The topological polar surface area (TPSA) is 85.1 Å². The van der Waals surface area contributed by atoms with Crippen molar-refractivity contribution < 1.29 is 9.59 Å². The van der Waals surface area contributed by atoms with Crippen molar-refractivity contribution in [2.75, 3.05) is 13.6 Å². The molecule has 2 heterocycles. The molecule has 1 unspecified atom stereocenters. The van der Waals surface area contributed by atoms with Crippen LogP contribution in [-0.4, -0.2) is 55.9 Å². The van der Waals surface area contributed by atoms with E-state index in [4.69, 9.17) is 0 Å². The summed E-state index contributed by atoms with van der Waals surface area (Å²) in [5, 5.41) is 11.2. The molecular formula is C25H28N6O2. The highest BCUT2D eigenvalue weighted by molar-refractivity contribution is 6.04. The van der Waals surface area contributed by atoms with Crippen LogP contribution < -0.4 is 5.32 Å². The number of amides is 2. The summed E-state index contributed by atoms with van der Waals surface area (Å²) in [6, 6.07) is 19.1. The fourth-order valence-corrected chi connectivity index (χ4v) is 4.04. The number of nitrogens with zero attached hydrogens (tertiary/aromatic N) is 5. The van der Waals surface area contributed by atoms with Gasteiger partial charge in [0.05, 0.1) is 11.1 Å². The molecule has 4 aromatic rings. The van der Waals surface area contributed by atoms with Gasteiger partial charge in [-0.25, -0.2) is 4.68 Å². The van der Waals surface area contributed by atoms with Crippen LogP contribution in [0.3, 0.4) is 0 Å². The maximum atomic E-state index is 13.5. The van der Waals surface area contributed by atoms with Crippen molar-refractivity contribution in [2.45, 2.75) is 18.9 Å². The minimum atomic E-state index is -0.126. The fourth-order valence-electron chi connectivity index (χ4n) is 4.04. The Kier molecular flexibility index (Phi) is 6.53. The first-order valence-electron chi connectivity index (χ1n) is 10.9. The molecule has 8 heteroatoms. The van der Waals surface area contributed by atoms with Gasteiger partial charge in [-0.1, -0.05) is 41.6 Å². The number of hydrogen-bond acceptors (Lipinski definition) is 4. The molecule has 0 spiro atoms. The number of aromatic nitrogens is 4. The number of carbonyl (C=O) groups is 2. The second-order valence-electron chi connectivity index (χ2n) is 8.19. The molecule has 0 bridgehead atoms.